The summed E-state index contributed by atoms with van der Waals surface area (Å²) in [7, 11) is 4.11. The standard InChI is InChI=1S/C16H22N2O3/c1-17(2)11-12-7-9-18(10-8-12)15(19)13-5-3-4-6-14(13)16(20)21/h3-6,12H,7-11H2,1-2H3,(H,20,21). The Morgan fingerprint density at radius 3 is 2.29 bits per heavy atom. The number of hydrogen-bond donors (Lipinski definition) is 1. The first-order valence-electron chi connectivity index (χ1n) is 7.25. The number of carboxylic acid groups (broad SMARTS) is 1. The van der Waals surface area contributed by atoms with Crippen LogP contribution in [0.4, 0.5) is 0 Å². The van der Waals surface area contributed by atoms with Crippen molar-refractivity contribution in [1.82, 2.24) is 9.80 Å². The number of amides is 1. The van der Waals surface area contributed by atoms with E-state index in [9.17, 15) is 14.7 Å². The first kappa shape index (κ1) is 15.5. The van der Waals surface area contributed by atoms with Crippen LogP contribution in [0.5, 0.6) is 0 Å². The van der Waals surface area contributed by atoms with E-state index in [2.05, 4.69) is 19.0 Å². The maximum Gasteiger partial charge on any atom is 0.336 e. The summed E-state index contributed by atoms with van der Waals surface area (Å²) in [4.78, 5) is 27.7. The molecule has 1 aliphatic rings. The first-order chi connectivity index (χ1) is 9.99. The Morgan fingerprint density at radius 1 is 1.19 bits per heavy atom. The number of rotatable bonds is 4. The van der Waals surface area contributed by atoms with Crippen molar-refractivity contribution in [3.63, 3.8) is 0 Å². The molecule has 1 aromatic rings. The lowest BCUT2D eigenvalue weighted by molar-refractivity contribution is 0.0644. The van der Waals surface area contributed by atoms with Crippen LogP contribution < -0.4 is 0 Å². The summed E-state index contributed by atoms with van der Waals surface area (Å²) in [6.45, 7) is 2.43. The summed E-state index contributed by atoms with van der Waals surface area (Å²) in [6.07, 6.45) is 1.94. The number of carbonyl (C=O) groups excluding carboxylic acids is 1. The number of carboxylic acids is 1. The van der Waals surface area contributed by atoms with E-state index in [0.29, 0.717) is 19.0 Å². The van der Waals surface area contributed by atoms with Crippen molar-refractivity contribution in [3.05, 3.63) is 35.4 Å². The van der Waals surface area contributed by atoms with E-state index in [-0.39, 0.29) is 17.0 Å². The van der Waals surface area contributed by atoms with Crippen LogP contribution in [0, 0.1) is 5.92 Å². The van der Waals surface area contributed by atoms with Crippen LogP contribution in [0.15, 0.2) is 24.3 Å². The molecule has 1 heterocycles. The van der Waals surface area contributed by atoms with E-state index < -0.39 is 5.97 Å². The second-order valence-corrected chi connectivity index (χ2v) is 5.85. The minimum atomic E-state index is -1.05. The van der Waals surface area contributed by atoms with E-state index in [1.54, 1.807) is 23.1 Å². The molecule has 114 valence electrons. The van der Waals surface area contributed by atoms with Crippen molar-refractivity contribution < 1.29 is 14.7 Å². The molecule has 0 saturated carbocycles. The zero-order valence-corrected chi connectivity index (χ0v) is 12.6. The van der Waals surface area contributed by atoms with Gasteiger partial charge in [0.1, 0.15) is 0 Å². The highest BCUT2D eigenvalue weighted by Gasteiger charge is 2.26. The summed E-state index contributed by atoms with van der Waals surface area (Å²) >= 11 is 0. The summed E-state index contributed by atoms with van der Waals surface area (Å²) < 4.78 is 0. The number of aromatic carboxylic acids is 1. The Morgan fingerprint density at radius 2 is 1.76 bits per heavy atom. The van der Waals surface area contributed by atoms with Gasteiger partial charge in [-0.3, -0.25) is 4.79 Å². The predicted molar refractivity (Wildman–Crippen MR) is 80.6 cm³/mol. The molecule has 2 rings (SSSR count). The van der Waals surface area contributed by atoms with Gasteiger partial charge < -0.3 is 14.9 Å². The van der Waals surface area contributed by atoms with Crippen LogP contribution in [-0.2, 0) is 0 Å². The van der Waals surface area contributed by atoms with Crippen LogP contribution in [0.25, 0.3) is 0 Å². The van der Waals surface area contributed by atoms with Gasteiger partial charge in [0.25, 0.3) is 5.91 Å². The summed E-state index contributed by atoms with van der Waals surface area (Å²) in [6, 6.07) is 6.42. The minimum absolute atomic E-state index is 0.0814. The Bertz CT molecular complexity index is 520. The molecule has 0 aromatic heterocycles. The third-order valence-corrected chi connectivity index (χ3v) is 3.91. The van der Waals surface area contributed by atoms with E-state index in [4.69, 9.17) is 0 Å². The van der Waals surface area contributed by atoms with E-state index >= 15 is 0 Å². The lowest BCUT2D eigenvalue weighted by Gasteiger charge is -2.33. The van der Waals surface area contributed by atoms with Crippen LogP contribution in [-0.4, -0.2) is 60.5 Å². The van der Waals surface area contributed by atoms with Gasteiger partial charge in [0, 0.05) is 19.6 Å². The molecular weight excluding hydrogens is 268 g/mol. The van der Waals surface area contributed by atoms with Gasteiger partial charge in [-0.05, 0) is 45.0 Å². The molecule has 0 spiro atoms. The van der Waals surface area contributed by atoms with E-state index in [1.807, 2.05) is 0 Å². The summed E-state index contributed by atoms with van der Waals surface area (Å²) in [5, 5.41) is 9.18. The highest BCUT2D eigenvalue weighted by atomic mass is 16.4. The fraction of sp³-hybridized carbons (Fsp3) is 0.500. The molecule has 0 radical (unpaired) electrons. The highest BCUT2D eigenvalue weighted by Crippen LogP contribution is 2.20. The van der Waals surface area contributed by atoms with E-state index in [1.165, 1.54) is 6.07 Å². The molecular formula is C16H22N2O3. The lowest BCUT2D eigenvalue weighted by Crippen LogP contribution is -2.41. The second-order valence-electron chi connectivity index (χ2n) is 5.85. The number of benzene rings is 1. The first-order valence-corrected chi connectivity index (χ1v) is 7.25. The number of carbonyl (C=O) groups is 2. The SMILES string of the molecule is CN(C)CC1CCN(C(=O)c2ccccc2C(=O)O)CC1. The molecule has 5 nitrogen and oxygen atoms in total. The Balaban J connectivity index is 2.04. The van der Waals surface area contributed by atoms with Crippen molar-refractivity contribution in [3.8, 4) is 0 Å². The second kappa shape index (κ2) is 6.72. The topological polar surface area (TPSA) is 60.9 Å². The van der Waals surface area contributed by atoms with Crippen molar-refractivity contribution in [2.75, 3.05) is 33.7 Å². The van der Waals surface area contributed by atoms with Crippen LogP contribution in [0.3, 0.4) is 0 Å². The number of piperidine rings is 1. The van der Waals surface area contributed by atoms with Crippen molar-refractivity contribution in [2.45, 2.75) is 12.8 Å². The fourth-order valence-corrected chi connectivity index (χ4v) is 2.86. The average Bonchev–Trinajstić information content (AvgIpc) is 2.46. The molecule has 5 heteroatoms. The van der Waals surface area contributed by atoms with Crippen LogP contribution in [0.2, 0.25) is 0 Å². The fourth-order valence-electron chi connectivity index (χ4n) is 2.86. The molecule has 1 aromatic carbocycles. The maximum atomic E-state index is 12.5. The predicted octanol–water partition coefficient (Wildman–Crippen LogP) is 1.80. The molecule has 0 atom stereocenters. The Labute approximate surface area is 125 Å². The van der Waals surface area contributed by atoms with Gasteiger partial charge >= 0.3 is 5.97 Å². The van der Waals surface area contributed by atoms with Crippen molar-refractivity contribution >= 4 is 11.9 Å². The third-order valence-electron chi connectivity index (χ3n) is 3.91. The van der Waals surface area contributed by atoms with Crippen LogP contribution >= 0.6 is 0 Å². The van der Waals surface area contributed by atoms with Gasteiger partial charge in [-0.15, -0.1) is 0 Å². The third kappa shape index (κ3) is 3.82. The van der Waals surface area contributed by atoms with Gasteiger partial charge in [0.05, 0.1) is 11.1 Å². The number of likely N-dealkylation sites (tertiary alicyclic amines) is 1. The molecule has 0 aliphatic carbocycles. The lowest BCUT2D eigenvalue weighted by atomic mass is 9.95. The minimum Gasteiger partial charge on any atom is -0.478 e. The number of nitrogens with zero attached hydrogens (tertiary/aromatic N) is 2. The van der Waals surface area contributed by atoms with Crippen molar-refractivity contribution in [1.29, 1.82) is 0 Å². The van der Waals surface area contributed by atoms with Gasteiger partial charge in [0.15, 0.2) is 0 Å². The average molecular weight is 290 g/mol. The number of hydrogen-bond acceptors (Lipinski definition) is 3. The monoisotopic (exact) mass is 290 g/mol. The molecule has 1 fully saturated rings. The Kier molecular flexibility index (Phi) is 4.96. The smallest absolute Gasteiger partial charge is 0.336 e. The van der Waals surface area contributed by atoms with Gasteiger partial charge in [-0.2, -0.15) is 0 Å². The van der Waals surface area contributed by atoms with Crippen LogP contribution in [0.1, 0.15) is 33.6 Å². The normalized spacial score (nSPS) is 16.2. The van der Waals surface area contributed by atoms with Gasteiger partial charge in [-0.25, -0.2) is 4.79 Å². The molecule has 21 heavy (non-hydrogen) atoms. The molecule has 1 N–H and O–H groups in total. The molecule has 1 aliphatic heterocycles. The zero-order chi connectivity index (χ0) is 15.4. The zero-order valence-electron chi connectivity index (χ0n) is 12.6. The maximum absolute atomic E-state index is 12.5. The van der Waals surface area contributed by atoms with Gasteiger partial charge in [0.2, 0.25) is 0 Å². The quantitative estimate of drug-likeness (QED) is 0.918. The molecule has 1 amide bonds. The van der Waals surface area contributed by atoms with E-state index in [0.717, 1.165) is 19.4 Å². The summed E-state index contributed by atoms with van der Waals surface area (Å²) in [5.74, 6) is -0.614. The molecule has 0 bridgehead atoms. The Hall–Kier alpha value is -1.88. The van der Waals surface area contributed by atoms with Gasteiger partial charge in [-0.1, -0.05) is 12.1 Å². The van der Waals surface area contributed by atoms with Crippen molar-refractivity contribution in [2.24, 2.45) is 5.92 Å². The molecule has 1 saturated heterocycles. The highest BCUT2D eigenvalue weighted by molar-refractivity contribution is 6.04. The largest absolute Gasteiger partial charge is 0.478 e. The molecule has 0 unspecified atom stereocenters. The summed E-state index contributed by atoms with van der Waals surface area (Å²) in [5.41, 5.74) is 0.369.